The SMILES string of the molecule is C=Cn1c(-c2ccc3c4c(N)cc5c(=C)n6c7ccc(SN)cc7nc6c6ccc(c7c(N)cc(C)c2c37)c4c56)nc2cc(S)ccc21.CC. The number of aryl methyl sites for hydroxylation is 1. The molecule has 0 atom stereocenters. The third-order valence-corrected chi connectivity index (χ3v) is 10.8. The number of hydrogen-bond donors (Lipinski definition) is 4. The van der Waals surface area contributed by atoms with E-state index in [0.717, 1.165) is 114 Å². The van der Waals surface area contributed by atoms with Crippen molar-refractivity contribution in [1.82, 2.24) is 18.9 Å². The summed E-state index contributed by atoms with van der Waals surface area (Å²) in [5, 5.41) is 17.1. The van der Waals surface area contributed by atoms with Crippen molar-refractivity contribution < 1.29 is 0 Å². The fraction of sp³-hybridized carbons (Fsp3) is 0.0732. The number of pyridine rings is 1. The van der Waals surface area contributed by atoms with Gasteiger partial charge in [-0.05, 0) is 101 Å². The molecule has 10 aromatic rings. The van der Waals surface area contributed by atoms with Crippen LogP contribution in [-0.4, -0.2) is 18.9 Å². The van der Waals surface area contributed by atoms with E-state index in [1.165, 1.54) is 11.9 Å². The molecule has 0 unspecified atom stereocenters. The predicted molar refractivity (Wildman–Crippen MR) is 219 cm³/mol. The summed E-state index contributed by atoms with van der Waals surface area (Å²) in [5.74, 6) is 0.805. The molecule has 0 aliphatic heterocycles. The lowest BCUT2D eigenvalue weighted by atomic mass is 9.84. The van der Waals surface area contributed by atoms with Crippen molar-refractivity contribution in [3.8, 4) is 11.4 Å². The highest BCUT2D eigenvalue weighted by Crippen LogP contribution is 2.49. The number of nitrogen functional groups attached to an aromatic ring is 2. The van der Waals surface area contributed by atoms with E-state index >= 15 is 0 Å². The molecular formula is C41H33N7S2. The van der Waals surface area contributed by atoms with Gasteiger partial charge in [-0.1, -0.05) is 39.1 Å². The van der Waals surface area contributed by atoms with Crippen LogP contribution >= 0.6 is 24.6 Å². The topological polar surface area (TPSA) is 113 Å². The molecule has 0 aliphatic carbocycles. The maximum atomic E-state index is 7.08. The average Bonchev–Trinajstić information content (AvgIpc) is 3.69. The van der Waals surface area contributed by atoms with E-state index < -0.39 is 0 Å². The van der Waals surface area contributed by atoms with Gasteiger partial charge in [0.2, 0.25) is 0 Å². The largest absolute Gasteiger partial charge is 0.398 e. The van der Waals surface area contributed by atoms with Gasteiger partial charge in [0.1, 0.15) is 11.5 Å². The second-order valence-electron chi connectivity index (χ2n) is 12.5. The van der Waals surface area contributed by atoms with Gasteiger partial charge in [0.15, 0.2) is 0 Å². The molecule has 7 aromatic carbocycles. The Kier molecular flexibility index (Phi) is 6.58. The number of benzene rings is 7. The van der Waals surface area contributed by atoms with E-state index in [1.807, 2.05) is 54.9 Å². The van der Waals surface area contributed by atoms with Crippen molar-refractivity contribution in [2.24, 2.45) is 5.14 Å². The maximum Gasteiger partial charge on any atom is 0.146 e. The number of fused-ring (bicyclic) bond motifs is 7. The van der Waals surface area contributed by atoms with Crippen molar-refractivity contribution in [2.45, 2.75) is 30.6 Å². The van der Waals surface area contributed by atoms with Crippen LogP contribution in [0.2, 0.25) is 0 Å². The van der Waals surface area contributed by atoms with Gasteiger partial charge in [-0.25, -0.2) is 9.97 Å². The first kappa shape index (κ1) is 30.6. The minimum Gasteiger partial charge on any atom is -0.398 e. The van der Waals surface area contributed by atoms with E-state index in [1.54, 1.807) is 0 Å². The van der Waals surface area contributed by atoms with Gasteiger partial charge < -0.3 is 11.5 Å². The molecule has 0 saturated carbocycles. The minimum absolute atomic E-state index is 0.686. The minimum atomic E-state index is 0.686. The molecule has 7 nitrogen and oxygen atoms in total. The zero-order valence-electron chi connectivity index (χ0n) is 27.8. The second kappa shape index (κ2) is 10.8. The maximum absolute atomic E-state index is 7.08. The van der Waals surface area contributed by atoms with Crippen LogP contribution in [0.15, 0.2) is 89.2 Å². The molecule has 3 aromatic heterocycles. The molecule has 0 fully saturated rings. The van der Waals surface area contributed by atoms with Crippen molar-refractivity contribution in [2.75, 3.05) is 11.5 Å². The normalized spacial score (nSPS) is 12.1. The summed E-state index contributed by atoms with van der Waals surface area (Å²) in [6, 6.07) is 24.9. The number of hydrogen-bond acceptors (Lipinski definition) is 7. The summed E-state index contributed by atoms with van der Waals surface area (Å²) in [4.78, 5) is 12.0. The van der Waals surface area contributed by atoms with E-state index in [0.29, 0.717) is 11.4 Å². The van der Waals surface area contributed by atoms with E-state index in [-0.39, 0.29) is 0 Å². The third-order valence-electron chi connectivity index (χ3n) is 10.0. The highest BCUT2D eigenvalue weighted by atomic mass is 32.2. The van der Waals surface area contributed by atoms with Gasteiger partial charge in [0, 0.05) is 76.0 Å². The fourth-order valence-corrected chi connectivity index (χ4v) is 8.67. The van der Waals surface area contributed by atoms with E-state index in [4.69, 9.17) is 26.6 Å². The second-order valence-corrected chi connectivity index (χ2v) is 13.7. The van der Waals surface area contributed by atoms with E-state index in [2.05, 4.69) is 79.6 Å². The smallest absolute Gasteiger partial charge is 0.146 e. The summed E-state index contributed by atoms with van der Waals surface area (Å²) in [5.41, 5.74) is 22.0. The van der Waals surface area contributed by atoms with Crippen LogP contribution in [0.5, 0.6) is 0 Å². The summed E-state index contributed by atoms with van der Waals surface area (Å²) in [6.45, 7) is 14.8. The Morgan fingerprint density at radius 3 is 2.12 bits per heavy atom. The monoisotopic (exact) mass is 687 g/mol. The average molecular weight is 688 g/mol. The van der Waals surface area contributed by atoms with Gasteiger partial charge in [-0.3, -0.25) is 14.1 Å². The molecular weight excluding hydrogens is 655 g/mol. The van der Waals surface area contributed by atoms with Crippen molar-refractivity contribution in [3.63, 3.8) is 0 Å². The van der Waals surface area contributed by atoms with Crippen LogP contribution in [-0.2, 0) is 0 Å². The van der Waals surface area contributed by atoms with Crippen molar-refractivity contribution in [1.29, 1.82) is 0 Å². The number of imidazole rings is 2. The van der Waals surface area contributed by atoms with Gasteiger partial charge in [0.25, 0.3) is 0 Å². The number of rotatable bonds is 3. The molecule has 0 spiro atoms. The van der Waals surface area contributed by atoms with Crippen LogP contribution in [0.25, 0.3) is 106 Å². The quantitative estimate of drug-likeness (QED) is 0.0484. The zero-order chi connectivity index (χ0) is 34.7. The highest BCUT2D eigenvalue weighted by Gasteiger charge is 2.25. The predicted octanol–water partition coefficient (Wildman–Crippen LogP) is 9.69. The van der Waals surface area contributed by atoms with Crippen LogP contribution in [0.3, 0.4) is 0 Å². The highest BCUT2D eigenvalue weighted by molar-refractivity contribution is 7.97. The Hall–Kier alpha value is -5.48. The lowest BCUT2D eigenvalue weighted by Gasteiger charge is -2.22. The van der Waals surface area contributed by atoms with Gasteiger partial charge in [-0.15, -0.1) is 12.6 Å². The molecule has 0 saturated heterocycles. The number of anilines is 2. The van der Waals surface area contributed by atoms with Gasteiger partial charge >= 0.3 is 0 Å². The fourth-order valence-electron chi connectivity index (χ4n) is 8.15. The zero-order valence-corrected chi connectivity index (χ0v) is 29.5. The lowest BCUT2D eigenvalue weighted by molar-refractivity contribution is 1.19. The van der Waals surface area contributed by atoms with Crippen LogP contribution < -0.4 is 22.0 Å². The molecule has 10 rings (SSSR count). The third kappa shape index (κ3) is 3.82. The number of nitrogens with zero attached hydrogens (tertiary/aromatic N) is 4. The van der Waals surface area contributed by atoms with Crippen molar-refractivity contribution in [3.05, 3.63) is 90.3 Å². The number of aromatic nitrogens is 4. The molecule has 0 bridgehead atoms. The molecule has 3 heterocycles. The first-order valence-electron chi connectivity index (χ1n) is 16.5. The van der Waals surface area contributed by atoms with E-state index in [9.17, 15) is 0 Å². The first-order valence-corrected chi connectivity index (χ1v) is 17.8. The Bertz CT molecular complexity index is 3140. The number of nitrogens with two attached hydrogens (primary N) is 3. The molecule has 0 radical (unpaired) electrons. The lowest BCUT2D eigenvalue weighted by Crippen LogP contribution is -2.13. The summed E-state index contributed by atoms with van der Waals surface area (Å²) in [7, 11) is 0. The van der Waals surface area contributed by atoms with Crippen LogP contribution in [0, 0.1) is 6.92 Å². The molecule has 244 valence electrons. The van der Waals surface area contributed by atoms with Gasteiger partial charge in [0.05, 0.1) is 22.1 Å². The molecule has 0 amide bonds. The van der Waals surface area contributed by atoms with Crippen LogP contribution in [0.1, 0.15) is 19.4 Å². The summed E-state index contributed by atoms with van der Waals surface area (Å²) in [6.07, 6.45) is 1.81. The Labute approximate surface area is 296 Å². The molecule has 50 heavy (non-hydrogen) atoms. The Morgan fingerprint density at radius 2 is 1.38 bits per heavy atom. The van der Waals surface area contributed by atoms with Crippen molar-refractivity contribution >= 4 is 130 Å². The standard InChI is InChI=1S/C39H27N7S2.C2H6/c1-4-45-30-11-5-19(47)14-28(30)43-38(45)23-9-7-21-35-27(41)16-25-18(3)46-31-12-6-20(48-42)15-29(31)44-39(46)24-10-8-22(37(35)33(24)25)34-26(40)13-17(2)32(23)36(21)34;1-2/h4-16,47H,1,3,40-42H2,2H3;1-2H3. The molecule has 0 aliphatic rings. The molecule has 9 heteroatoms. The summed E-state index contributed by atoms with van der Waals surface area (Å²) < 4.78 is 4.17. The van der Waals surface area contributed by atoms with Gasteiger partial charge in [-0.2, -0.15) is 0 Å². The Balaban J connectivity index is 0.00000165. The Morgan fingerprint density at radius 1 is 0.720 bits per heavy atom. The first-order chi connectivity index (χ1) is 24.3. The number of thiol groups is 1. The summed E-state index contributed by atoms with van der Waals surface area (Å²) >= 11 is 5.78. The van der Waals surface area contributed by atoms with Crippen LogP contribution in [0.4, 0.5) is 11.4 Å². The molecule has 6 N–H and O–H groups in total.